The van der Waals surface area contributed by atoms with Gasteiger partial charge in [0.05, 0.1) is 18.2 Å². The lowest BCUT2D eigenvalue weighted by Gasteiger charge is -2.31. The number of sulfonamides is 1. The molecule has 1 heterocycles. The number of nitrogens with zero attached hydrogens (tertiary/aromatic N) is 1. The number of hydrogen-bond donors (Lipinski definition) is 1. The van der Waals surface area contributed by atoms with Crippen LogP contribution in [0.5, 0.6) is 5.75 Å². The first-order valence-electron chi connectivity index (χ1n) is 10.2. The van der Waals surface area contributed by atoms with Gasteiger partial charge in [-0.05, 0) is 55.2 Å². The van der Waals surface area contributed by atoms with Gasteiger partial charge in [0, 0.05) is 28.2 Å². The van der Waals surface area contributed by atoms with Crippen molar-refractivity contribution < 1.29 is 17.9 Å². The lowest BCUT2D eigenvalue weighted by molar-refractivity contribution is -0.126. The number of carbonyl (C=O) groups is 1. The first-order chi connectivity index (χ1) is 15.2. The number of hydrogen-bond acceptors (Lipinski definition) is 4. The molecule has 0 unspecified atom stereocenters. The van der Waals surface area contributed by atoms with E-state index in [-0.39, 0.29) is 24.8 Å². The second-order valence-electron chi connectivity index (χ2n) is 7.74. The molecule has 0 radical (unpaired) electrons. The van der Waals surface area contributed by atoms with E-state index in [1.165, 1.54) is 10.4 Å². The van der Waals surface area contributed by atoms with Crippen molar-refractivity contribution in [3.63, 3.8) is 0 Å². The van der Waals surface area contributed by atoms with E-state index in [4.69, 9.17) is 39.5 Å². The summed E-state index contributed by atoms with van der Waals surface area (Å²) in [5, 5.41) is 4.20. The molecule has 1 amide bonds. The van der Waals surface area contributed by atoms with Crippen LogP contribution in [0.1, 0.15) is 24.0 Å². The van der Waals surface area contributed by atoms with Crippen molar-refractivity contribution in [3.05, 3.63) is 62.6 Å². The fraction of sp³-hybridized carbons (Fsp3) is 0.409. The highest BCUT2D eigenvalue weighted by molar-refractivity contribution is 7.88. The number of ether oxygens (including phenoxy) is 1. The molecule has 1 fully saturated rings. The Morgan fingerprint density at radius 1 is 1.16 bits per heavy atom. The van der Waals surface area contributed by atoms with Crippen molar-refractivity contribution in [3.8, 4) is 5.75 Å². The van der Waals surface area contributed by atoms with Gasteiger partial charge in [-0.3, -0.25) is 4.79 Å². The Morgan fingerprint density at radius 3 is 2.66 bits per heavy atom. The summed E-state index contributed by atoms with van der Waals surface area (Å²) in [6.07, 6.45) is 1.25. The monoisotopic (exact) mass is 518 g/mol. The molecule has 3 rings (SSSR count). The standard InChI is InChI=1S/C22H25Cl3N2O4S/c1-15-4-7-19(12-20(15)24)31-10-8-26-22(28)16-3-2-9-27(13-16)32(29,30)14-17-5-6-18(23)11-21(17)25/h4-7,11-12,16H,2-3,8-10,13-14H2,1H3,(H,26,28)/t16-/m0/s1. The van der Waals surface area contributed by atoms with E-state index in [0.717, 1.165) is 5.56 Å². The summed E-state index contributed by atoms with van der Waals surface area (Å²) >= 11 is 18.1. The van der Waals surface area contributed by atoms with Crippen LogP contribution in [0, 0.1) is 12.8 Å². The minimum absolute atomic E-state index is 0.147. The molecule has 2 aromatic rings. The summed E-state index contributed by atoms with van der Waals surface area (Å²) in [5.41, 5.74) is 1.44. The highest BCUT2D eigenvalue weighted by Crippen LogP contribution is 2.26. The molecule has 1 aliphatic heterocycles. The fourth-order valence-electron chi connectivity index (χ4n) is 3.49. The fourth-order valence-corrected chi connectivity index (χ4v) is 5.85. The van der Waals surface area contributed by atoms with Crippen LogP contribution in [-0.4, -0.2) is 44.9 Å². The Hall–Kier alpha value is -1.51. The Labute approximate surface area is 203 Å². The first-order valence-corrected chi connectivity index (χ1v) is 13.0. The van der Waals surface area contributed by atoms with Gasteiger partial charge in [-0.2, -0.15) is 0 Å². The molecule has 1 aliphatic rings. The smallest absolute Gasteiger partial charge is 0.224 e. The van der Waals surface area contributed by atoms with Crippen molar-refractivity contribution in [2.75, 3.05) is 26.2 Å². The molecule has 6 nitrogen and oxygen atoms in total. The second-order valence-corrected chi connectivity index (χ2v) is 11.0. The van der Waals surface area contributed by atoms with Gasteiger partial charge in [0.2, 0.25) is 15.9 Å². The number of piperidine rings is 1. The summed E-state index contributed by atoms with van der Waals surface area (Å²) in [6.45, 7) is 3.04. The lowest BCUT2D eigenvalue weighted by atomic mass is 9.99. The minimum Gasteiger partial charge on any atom is -0.492 e. The maximum atomic E-state index is 12.9. The van der Waals surface area contributed by atoms with Crippen molar-refractivity contribution >= 4 is 50.7 Å². The normalized spacial score (nSPS) is 17.2. The Morgan fingerprint density at radius 2 is 1.94 bits per heavy atom. The maximum absolute atomic E-state index is 12.9. The summed E-state index contributed by atoms with van der Waals surface area (Å²) < 4.78 is 32.8. The molecule has 10 heteroatoms. The minimum atomic E-state index is -3.62. The SMILES string of the molecule is Cc1ccc(OCCNC(=O)[C@H]2CCCN(S(=O)(=O)Cc3ccc(Cl)cc3Cl)C2)cc1Cl. The number of aryl methyl sites for hydroxylation is 1. The summed E-state index contributed by atoms with van der Waals surface area (Å²) in [5.74, 6) is -0.191. The van der Waals surface area contributed by atoms with Crippen LogP contribution in [-0.2, 0) is 20.6 Å². The molecular formula is C22H25Cl3N2O4S. The van der Waals surface area contributed by atoms with E-state index in [1.807, 2.05) is 19.1 Å². The molecule has 0 bridgehead atoms. The predicted octanol–water partition coefficient (Wildman–Crippen LogP) is 4.69. The Bertz CT molecular complexity index is 1080. The van der Waals surface area contributed by atoms with Crippen molar-refractivity contribution in [2.45, 2.75) is 25.5 Å². The summed E-state index contributed by atoms with van der Waals surface area (Å²) in [6, 6.07) is 10.2. The van der Waals surface area contributed by atoms with Crippen LogP contribution in [0.3, 0.4) is 0 Å². The molecular weight excluding hydrogens is 495 g/mol. The average molecular weight is 520 g/mol. The van der Waals surface area contributed by atoms with Crippen LogP contribution in [0.4, 0.5) is 0 Å². The van der Waals surface area contributed by atoms with E-state index >= 15 is 0 Å². The van der Waals surface area contributed by atoms with Crippen LogP contribution < -0.4 is 10.1 Å². The zero-order valence-corrected chi connectivity index (χ0v) is 20.7. The zero-order chi connectivity index (χ0) is 23.3. The van der Waals surface area contributed by atoms with E-state index < -0.39 is 15.9 Å². The van der Waals surface area contributed by atoms with Crippen LogP contribution in [0.2, 0.25) is 15.1 Å². The number of benzene rings is 2. The average Bonchev–Trinajstić information content (AvgIpc) is 2.75. The van der Waals surface area contributed by atoms with Crippen molar-refractivity contribution in [1.82, 2.24) is 9.62 Å². The van der Waals surface area contributed by atoms with Crippen molar-refractivity contribution in [2.24, 2.45) is 5.92 Å². The quantitative estimate of drug-likeness (QED) is 0.513. The van der Waals surface area contributed by atoms with Gasteiger partial charge >= 0.3 is 0 Å². The number of amides is 1. The number of rotatable bonds is 8. The molecule has 0 aliphatic carbocycles. The van der Waals surface area contributed by atoms with E-state index in [2.05, 4.69) is 5.32 Å². The third kappa shape index (κ3) is 6.75. The lowest BCUT2D eigenvalue weighted by Crippen LogP contribution is -2.46. The van der Waals surface area contributed by atoms with Crippen LogP contribution in [0.15, 0.2) is 36.4 Å². The van der Waals surface area contributed by atoms with Crippen LogP contribution in [0.25, 0.3) is 0 Å². The van der Waals surface area contributed by atoms with Gasteiger partial charge in [-0.1, -0.05) is 46.9 Å². The van der Waals surface area contributed by atoms with Gasteiger partial charge in [-0.15, -0.1) is 0 Å². The maximum Gasteiger partial charge on any atom is 0.224 e. The Kier molecular flexibility index (Phi) is 8.69. The molecule has 1 saturated heterocycles. The van der Waals surface area contributed by atoms with Gasteiger partial charge in [0.25, 0.3) is 0 Å². The molecule has 2 aromatic carbocycles. The number of nitrogens with one attached hydrogen (secondary N) is 1. The van der Waals surface area contributed by atoms with E-state index in [0.29, 0.717) is 52.3 Å². The van der Waals surface area contributed by atoms with Gasteiger partial charge in [0.15, 0.2) is 0 Å². The third-order valence-electron chi connectivity index (χ3n) is 5.31. The third-order valence-corrected chi connectivity index (χ3v) is 8.10. The van der Waals surface area contributed by atoms with Crippen molar-refractivity contribution in [1.29, 1.82) is 0 Å². The molecule has 0 spiro atoms. The van der Waals surface area contributed by atoms with Crippen LogP contribution >= 0.6 is 34.8 Å². The number of halogens is 3. The zero-order valence-electron chi connectivity index (χ0n) is 17.6. The van der Waals surface area contributed by atoms with Gasteiger partial charge in [-0.25, -0.2) is 12.7 Å². The molecule has 32 heavy (non-hydrogen) atoms. The van der Waals surface area contributed by atoms with Gasteiger partial charge < -0.3 is 10.1 Å². The Balaban J connectivity index is 1.50. The summed E-state index contributed by atoms with van der Waals surface area (Å²) in [7, 11) is -3.62. The molecule has 0 saturated carbocycles. The molecule has 1 N–H and O–H groups in total. The van der Waals surface area contributed by atoms with Gasteiger partial charge in [0.1, 0.15) is 12.4 Å². The second kappa shape index (κ2) is 11.1. The van der Waals surface area contributed by atoms with E-state index in [9.17, 15) is 13.2 Å². The highest BCUT2D eigenvalue weighted by Gasteiger charge is 2.32. The number of carbonyl (C=O) groups excluding carboxylic acids is 1. The molecule has 174 valence electrons. The predicted molar refractivity (Wildman–Crippen MR) is 128 cm³/mol. The summed E-state index contributed by atoms with van der Waals surface area (Å²) in [4.78, 5) is 12.6. The molecule has 0 aromatic heterocycles. The van der Waals surface area contributed by atoms with E-state index in [1.54, 1.807) is 18.2 Å². The molecule has 1 atom stereocenters. The highest BCUT2D eigenvalue weighted by atomic mass is 35.5. The topological polar surface area (TPSA) is 75.7 Å². The largest absolute Gasteiger partial charge is 0.492 e. The first kappa shape index (κ1) is 25.1.